The number of benzene rings is 1. The molecular formula is C19H22ClN3O. The van der Waals surface area contributed by atoms with Crippen LogP contribution in [0.15, 0.2) is 24.4 Å². The zero-order valence-electron chi connectivity index (χ0n) is 14.1. The Balaban J connectivity index is 1.66. The molecule has 2 aromatic heterocycles. The summed E-state index contributed by atoms with van der Waals surface area (Å²) in [5.74, 6) is 1.49. The molecule has 4 nitrogen and oxygen atoms in total. The summed E-state index contributed by atoms with van der Waals surface area (Å²) in [5, 5.41) is 2.79. The quantitative estimate of drug-likeness (QED) is 0.766. The Hall–Kier alpha value is -1.78. The lowest BCUT2D eigenvalue weighted by Gasteiger charge is -2.28. The Bertz CT molecular complexity index is 881. The molecule has 0 radical (unpaired) electrons. The number of pyridine rings is 1. The summed E-state index contributed by atoms with van der Waals surface area (Å²) >= 11 is 6.46. The molecule has 1 aliphatic heterocycles. The summed E-state index contributed by atoms with van der Waals surface area (Å²) in [5.41, 5.74) is 2.92. The van der Waals surface area contributed by atoms with Gasteiger partial charge < -0.3 is 14.6 Å². The van der Waals surface area contributed by atoms with E-state index in [0.29, 0.717) is 5.92 Å². The first-order valence-electron chi connectivity index (χ1n) is 8.49. The van der Waals surface area contributed by atoms with Crippen LogP contribution in [-0.2, 0) is 0 Å². The summed E-state index contributed by atoms with van der Waals surface area (Å²) in [6.07, 6.45) is 4.26. The van der Waals surface area contributed by atoms with Crippen LogP contribution in [0.1, 0.15) is 18.4 Å². The minimum atomic E-state index is 0.622. The highest BCUT2D eigenvalue weighted by atomic mass is 35.5. The molecule has 1 N–H and O–H groups in total. The number of halogens is 1. The van der Waals surface area contributed by atoms with E-state index in [4.69, 9.17) is 16.3 Å². The van der Waals surface area contributed by atoms with Crippen molar-refractivity contribution >= 4 is 33.5 Å². The van der Waals surface area contributed by atoms with Gasteiger partial charge in [-0.3, -0.25) is 0 Å². The largest absolute Gasteiger partial charge is 0.491 e. The average Bonchev–Trinajstić information content (AvgIpc) is 2.95. The van der Waals surface area contributed by atoms with Gasteiger partial charge in [0.2, 0.25) is 0 Å². The molecule has 0 atom stereocenters. The Kier molecular flexibility index (Phi) is 4.10. The van der Waals surface area contributed by atoms with Gasteiger partial charge in [0, 0.05) is 17.0 Å². The Morgan fingerprint density at radius 1 is 1.33 bits per heavy atom. The first kappa shape index (κ1) is 15.7. The highest BCUT2D eigenvalue weighted by molar-refractivity contribution is 6.38. The fourth-order valence-electron chi connectivity index (χ4n) is 3.48. The first-order valence-corrected chi connectivity index (χ1v) is 8.87. The molecule has 0 unspecified atom stereocenters. The van der Waals surface area contributed by atoms with E-state index in [9.17, 15) is 0 Å². The number of fused-ring (bicyclic) bond motifs is 3. The summed E-state index contributed by atoms with van der Waals surface area (Å²) < 4.78 is 6.17. The van der Waals surface area contributed by atoms with Crippen molar-refractivity contribution in [2.24, 2.45) is 5.92 Å². The SMILES string of the molecule is Cc1cnc2[nH]c3c(OCC4CCN(C)CC4)ccc(Cl)c3c2c1. The van der Waals surface area contributed by atoms with Gasteiger partial charge in [0.15, 0.2) is 0 Å². The third-order valence-corrected chi connectivity index (χ3v) is 5.28. The number of ether oxygens (including phenoxy) is 1. The van der Waals surface area contributed by atoms with Crippen molar-refractivity contribution in [2.45, 2.75) is 19.8 Å². The molecule has 24 heavy (non-hydrogen) atoms. The Morgan fingerprint density at radius 2 is 2.12 bits per heavy atom. The molecule has 0 saturated carbocycles. The van der Waals surface area contributed by atoms with Crippen molar-refractivity contribution in [3.8, 4) is 5.75 Å². The van der Waals surface area contributed by atoms with Crippen molar-refractivity contribution in [3.05, 3.63) is 35.0 Å². The maximum absolute atomic E-state index is 6.46. The van der Waals surface area contributed by atoms with Crippen LogP contribution in [0.2, 0.25) is 5.02 Å². The number of H-pyrrole nitrogens is 1. The lowest BCUT2D eigenvalue weighted by atomic mass is 9.98. The Morgan fingerprint density at radius 3 is 2.92 bits per heavy atom. The third kappa shape index (κ3) is 2.85. The predicted molar refractivity (Wildman–Crippen MR) is 99.1 cm³/mol. The predicted octanol–water partition coefficient (Wildman–Crippen LogP) is 4.40. The lowest BCUT2D eigenvalue weighted by Crippen LogP contribution is -2.32. The summed E-state index contributed by atoms with van der Waals surface area (Å²) in [7, 11) is 2.18. The van der Waals surface area contributed by atoms with Gasteiger partial charge >= 0.3 is 0 Å². The second-order valence-electron chi connectivity index (χ2n) is 6.89. The molecule has 126 valence electrons. The van der Waals surface area contributed by atoms with Crippen LogP contribution in [0.4, 0.5) is 0 Å². The topological polar surface area (TPSA) is 41.1 Å². The van der Waals surface area contributed by atoms with Crippen LogP contribution in [0.25, 0.3) is 21.9 Å². The molecule has 3 heterocycles. The van der Waals surface area contributed by atoms with E-state index in [1.807, 2.05) is 25.3 Å². The molecule has 1 aliphatic rings. The maximum Gasteiger partial charge on any atom is 0.143 e. The lowest BCUT2D eigenvalue weighted by molar-refractivity contribution is 0.161. The first-order chi connectivity index (χ1) is 11.6. The van der Waals surface area contributed by atoms with Gasteiger partial charge in [0.25, 0.3) is 0 Å². The number of piperidine rings is 1. The van der Waals surface area contributed by atoms with E-state index < -0.39 is 0 Å². The normalized spacial score (nSPS) is 17.0. The molecule has 0 aliphatic carbocycles. The average molecular weight is 344 g/mol. The van der Waals surface area contributed by atoms with E-state index in [2.05, 4.69) is 28.0 Å². The maximum atomic E-state index is 6.46. The minimum Gasteiger partial charge on any atom is -0.491 e. The smallest absolute Gasteiger partial charge is 0.143 e. The number of nitrogens with zero attached hydrogens (tertiary/aromatic N) is 2. The van der Waals surface area contributed by atoms with Crippen molar-refractivity contribution in [3.63, 3.8) is 0 Å². The summed E-state index contributed by atoms with van der Waals surface area (Å²) in [4.78, 5) is 10.2. The fraction of sp³-hybridized carbons (Fsp3) is 0.421. The van der Waals surface area contributed by atoms with E-state index in [1.54, 1.807) is 0 Å². The number of likely N-dealkylation sites (tertiary alicyclic amines) is 1. The molecule has 1 saturated heterocycles. The van der Waals surface area contributed by atoms with Crippen molar-refractivity contribution in [1.29, 1.82) is 0 Å². The molecule has 1 fully saturated rings. The standard InChI is InChI=1S/C19H22ClN3O/c1-12-9-14-17-15(20)3-4-16(18(17)22-19(14)21-10-12)24-11-13-5-7-23(2)8-6-13/h3-4,9-10,13H,5-8,11H2,1-2H3,(H,21,22). The van der Waals surface area contributed by atoms with Gasteiger partial charge in [0.1, 0.15) is 11.4 Å². The van der Waals surface area contributed by atoms with Crippen molar-refractivity contribution < 1.29 is 4.74 Å². The molecular weight excluding hydrogens is 322 g/mol. The van der Waals surface area contributed by atoms with E-state index in [1.165, 1.54) is 12.8 Å². The van der Waals surface area contributed by atoms with Gasteiger partial charge in [-0.25, -0.2) is 4.98 Å². The Labute approximate surface area is 146 Å². The summed E-state index contributed by atoms with van der Waals surface area (Å²) in [6.45, 7) is 5.10. The zero-order chi connectivity index (χ0) is 16.7. The van der Waals surface area contributed by atoms with E-state index in [-0.39, 0.29) is 0 Å². The molecule has 1 aromatic carbocycles. The van der Waals surface area contributed by atoms with Gasteiger partial charge in [0.05, 0.1) is 17.1 Å². The van der Waals surface area contributed by atoms with E-state index >= 15 is 0 Å². The van der Waals surface area contributed by atoms with Gasteiger partial charge in [-0.15, -0.1) is 0 Å². The number of aromatic nitrogens is 2. The molecule has 5 heteroatoms. The van der Waals surface area contributed by atoms with Crippen LogP contribution < -0.4 is 4.74 Å². The molecule has 0 spiro atoms. The molecule has 0 amide bonds. The van der Waals surface area contributed by atoms with Gasteiger partial charge in [-0.05, 0) is 69.6 Å². The van der Waals surface area contributed by atoms with Crippen molar-refractivity contribution in [2.75, 3.05) is 26.7 Å². The highest BCUT2D eigenvalue weighted by Crippen LogP contribution is 2.36. The number of aromatic amines is 1. The second kappa shape index (κ2) is 6.26. The fourth-order valence-corrected chi connectivity index (χ4v) is 3.74. The zero-order valence-corrected chi connectivity index (χ0v) is 14.9. The third-order valence-electron chi connectivity index (χ3n) is 4.97. The van der Waals surface area contributed by atoms with Gasteiger partial charge in [-0.1, -0.05) is 11.6 Å². The minimum absolute atomic E-state index is 0.622. The van der Waals surface area contributed by atoms with Crippen LogP contribution in [0.3, 0.4) is 0 Å². The van der Waals surface area contributed by atoms with E-state index in [0.717, 1.165) is 58.0 Å². The highest BCUT2D eigenvalue weighted by Gasteiger charge is 2.19. The van der Waals surface area contributed by atoms with Crippen LogP contribution in [-0.4, -0.2) is 41.6 Å². The molecule has 0 bridgehead atoms. The van der Waals surface area contributed by atoms with Gasteiger partial charge in [-0.2, -0.15) is 0 Å². The number of rotatable bonds is 3. The van der Waals surface area contributed by atoms with Crippen LogP contribution >= 0.6 is 11.6 Å². The number of hydrogen-bond donors (Lipinski definition) is 1. The number of nitrogens with one attached hydrogen (secondary N) is 1. The number of aryl methyl sites for hydroxylation is 1. The molecule has 4 rings (SSSR count). The monoisotopic (exact) mass is 343 g/mol. The summed E-state index contributed by atoms with van der Waals surface area (Å²) in [6, 6.07) is 6.00. The molecule has 3 aromatic rings. The van der Waals surface area contributed by atoms with Crippen molar-refractivity contribution in [1.82, 2.24) is 14.9 Å². The van der Waals surface area contributed by atoms with Crippen LogP contribution in [0.5, 0.6) is 5.75 Å². The number of hydrogen-bond acceptors (Lipinski definition) is 3. The second-order valence-corrected chi connectivity index (χ2v) is 7.29. The van der Waals surface area contributed by atoms with Crippen LogP contribution in [0, 0.1) is 12.8 Å².